The van der Waals surface area contributed by atoms with Gasteiger partial charge in [-0.25, -0.2) is 0 Å². The minimum Gasteiger partial charge on any atom is -0.493 e. The summed E-state index contributed by atoms with van der Waals surface area (Å²) in [5, 5.41) is 0. The maximum Gasteiger partial charge on any atom is 0.165 e. The summed E-state index contributed by atoms with van der Waals surface area (Å²) < 4.78 is 10.7. The van der Waals surface area contributed by atoms with Crippen LogP contribution >= 0.6 is 0 Å². The third-order valence-electron chi connectivity index (χ3n) is 2.81. The SMILES string of the molecule is COc1cccc(C(N)c2cccnc2)c1OC. The fourth-order valence-electron chi connectivity index (χ4n) is 1.90. The zero-order chi connectivity index (χ0) is 13.0. The number of hydrogen-bond donors (Lipinski definition) is 1. The van der Waals surface area contributed by atoms with Gasteiger partial charge in [-0.1, -0.05) is 18.2 Å². The quantitative estimate of drug-likeness (QED) is 0.895. The highest BCUT2D eigenvalue weighted by Crippen LogP contribution is 2.35. The van der Waals surface area contributed by atoms with E-state index in [9.17, 15) is 0 Å². The Balaban J connectivity index is 2.45. The van der Waals surface area contributed by atoms with E-state index < -0.39 is 0 Å². The highest BCUT2D eigenvalue weighted by molar-refractivity contribution is 5.50. The van der Waals surface area contributed by atoms with Crippen LogP contribution in [0.25, 0.3) is 0 Å². The van der Waals surface area contributed by atoms with Gasteiger partial charge in [0.1, 0.15) is 0 Å². The van der Waals surface area contributed by atoms with Gasteiger partial charge in [0.2, 0.25) is 0 Å². The second-order valence-electron chi connectivity index (χ2n) is 3.85. The topological polar surface area (TPSA) is 57.4 Å². The Morgan fingerprint density at radius 2 is 1.94 bits per heavy atom. The molecular weight excluding hydrogens is 228 g/mol. The van der Waals surface area contributed by atoms with Gasteiger partial charge in [-0.05, 0) is 17.7 Å². The van der Waals surface area contributed by atoms with E-state index in [0.717, 1.165) is 11.1 Å². The molecule has 0 spiro atoms. The van der Waals surface area contributed by atoms with Crippen molar-refractivity contribution >= 4 is 0 Å². The maximum atomic E-state index is 6.24. The number of hydrogen-bond acceptors (Lipinski definition) is 4. The van der Waals surface area contributed by atoms with Crippen molar-refractivity contribution in [2.24, 2.45) is 5.73 Å². The van der Waals surface area contributed by atoms with Crippen LogP contribution in [0.5, 0.6) is 11.5 Å². The summed E-state index contributed by atoms with van der Waals surface area (Å²) in [4.78, 5) is 4.08. The number of rotatable bonds is 4. The van der Waals surface area contributed by atoms with Gasteiger partial charge in [-0.2, -0.15) is 0 Å². The number of pyridine rings is 1. The average molecular weight is 244 g/mol. The van der Waals surface area contributed by atoms with E-state index in [2.05, 4.69) is 4.98 Å². The molecule has 1 aromatic carbocycles. The molecule has 2 rings (SSSR count). The Labute approximate surface area is 106 Å². The molecule has 1 heterocycles. The van der Waals surface area contributed by atoms with Gasteiger partial charge in [0.05, 0.1) is 20.3 Å². The molecule has 0 bridgehead atoms. The summed E-state index contributed by atoms with van der Waals surface area (Å²) in [6.07, 6.45) is 3.47. The van der Waals surface area contributed by atoms with Crippen LogP contribution in [-0.2, 0) is 0 Å². The standard InChI is InChI=1S/C14H16N2O2/c1-17-12-7-3-6-11(14(12)18-2)13(15)10-5-4-8-16-9-10/h3-9,13H,15H2,1-2H3. The number of nitrogens with zero attached hydrogens (tertiary/aromatic N) is 1. The highest BCUT2D eigenvalue weighted by Gasteiger charge is 2.17. The normalized spacial score (nSPS) is 11.9. The molecular formula is C14H16N2O2. The van der Waals surface area contributed by atoms with Crippen LogP contribution in [-0.4, -0.2) is 19.2 Å². The van der Waals surface area contributed by atoms with Gasteiger partial charge in [0, 0.05) is 18.0 Å². The van der Waals surface area contributed by atoms with Crippen molar-refractivity contribution in [3.63, 3.8) is 0 Å². The molecule has 0 aliphatic rings. The molecule has 1 atom stereocenters. The minimum absolute atomic E-state index is 0.288. The van der Waals surface area contributed by atoms with Crippen molar-refractivity contribution in [1.82, 2.24) is 4.98 Å². The van der Waals surface area contributed by atoms with Crippen molar-refractivity contribution in [2.45, 2.75) is 6.04 Å². The molecule has 18 heavy (non-hydrogen) atoms. The van der Waals surface area contributed by atoms with Crippen LogP contribution in [0.4, 0.5) is 0 Å². The van der Waals surface area contributed by atoms with E-state index in [1.807, 2.05) is 30.3 Å². The van der Waals surface area contributed by atoms with Crippen LogP contribution in [0.2, 0.25) is 0 Å². The Kier molecular flexibility index (Phi) is 3.79. The van der Waals surface area contributed by atoms with E-state index in [1.54, 1.807) is 26.6 Å². The number of nitrogens with two attached hydrogens (primary N) is 1. The van der Waals surface area contributed by atoms with Crippen LogP contribution in [0.15, 0.2) is 42.7 Å². The fraction of sp³-hybridized carbons (Fsp3) is 0.214. The predicted molar refractivity (Wildman–Crippen MR) is 69.8 cm³/mol. The Morgan fingerprint density at radius 3 is 2.56 bits per heavy atom. The van der Waals surface area contributed by atoms with E-state index >= 15 is 0 Å². The first kappa shape index (κ1) is 12.4. The molecule has 2 N–H and O–H groups in total. The van der Waals surface area contributed by atoms with Crippen molar-refractivity contribution in [3.05, 3.63) is 53.9 Å². The van der Waals surface area contributed by atoms with Crippen molar-refractivity contribution in [3.8, 4) is 11.5 Å². The van der Waals surface area contributed by atoms with E-state index in [1.165, 1.54) is 0 Å². The summed E-state index contributed by atoms with van der Waals surface area (Å²) in [7, 11) is 3.22. The number of ether oxygens (including phenoxy) is 2. The summed E-state index contributed by atoms with van der Waals surface area (Å²) in [5.41, 5.74) is 8.05. The lowest BCUT2D eigenvalue weighted by molar-refractivity contribution is 0.350. The Hall–Kier alpha value is -2.07. The van der Waals surface area contributed by atoms with Gasteiger partial charge in [-0.15, -0.1) is 0 Å². The molecule has 0 fully saturated rings. The first-order chi connectivity index (χ1) is 8.77. The zero-order valence-corrected chi connectivity index (χ0v) is 10.5. The summed E-state index contributed by atoms with van der Waals surface area (Å²) in [6.45, 7) is 0. The first-order valence-corrected chi connectivity index (χ1v) is 5.64. The van der Waals surface area contributed by atoms with E-state index in [-0.39, 0.29) is 6.04 Å². The lowest BCUT2D eigenvalue weighted by atomic mass is 10.00. The molecule has 1 unspecified atom stereocenters. The largest absolute Gasteiger partial charge is 0.493 e. The van der Waals surface area contributed by atoms with Gasteiger partial charge >= 0.3 is 0 Å². The second kappa shape index (κ2) is 5.51. The fourth-order valence-corrected chi connectivity index (χ4v) is 1.90. The number of aromatic nitrogens is 1. The molecule has 2 aromatic rings. The lowest BCUT2D eigenvalue weighted by Gasteiger charge is -2.17. The van der Waals surface area contributed by atoms with Gasteiger partial charge in [0.25, 0.3) is 0 Å². The molecule has 94 valence electrons. The van der Waals surface area contributed by atoms with Crippen LogP contribution in [0.3, 0.4) is 0 Å². The highest BCUT2D eigenvalue weighted by atomic mass is 16.5. The van der Waals surface area contributed by atoms with Gasteiger partial charge in [-0.3, -0.25) is 4.98 Å². The van der Waals surface area contributed by atoms with Crippen LogP contribution in [0.1, 0.15) is 17.2 Å². The third kappa shape index (κ3) is 2.28. The van der Waals surface area contributed by atoms with Crippen molar-refractivity contribution in [2.75, 3.05) is 14.2 Å². The molecule has 0 radical (unpaired) electrons. The Bertz CT molecular complexity index is 514. The molecule has 0 aliphatic carbocycles. The predicted octanol–water partition coefficient (Wildman–Crippen LogP) is 2.15. The van der Waals surface area contributed by atoms with E-state index in [0.29, 0.717) is 11.5 Å². The first-order valence-electron chi connectivity index (χ1n) is 5.64. The molecule has 0 saturated heterocycles. The summed E-state index contributed by atoms with van der Waals surface area (Å²) >= 11 is 0. The van der Waals surface area contributed by atoms with Crippen LogP contribution in [0, 0.1) is 0 Å². The maximum absolute atomic E-state index is 6.24. The molecule has 0 amide bonds. The second-order valence-corrected chi connectivity index (χ2v) is 3.85. The monoisotopic (exact) mass is 244 g/mol. The van der Waals surface area contributed by atoms with Crippen LogP contribution < -0.4 is 15.2 Å². The smallest absolute Gasteiger partial charge is 0.165 e. The number of para-hydroxylation sites is 1. The molecule has 0 aliphatic heterocycles. The molecule has 4 nitrogen and oxygen atoms in total. The van der Waals surface area contributed by atoms with Gasteiger partial charge < -0.3 is 15.2 Å². The summed E-state index contributed by atoms with van der Waals surface area (Å²) in [6, 6.07) is 9.19. The number of methoxy groups -OCH3 is 2. The Morgan fingerprint density at radius 1 is 1.11 bits per heavy atom. The summed E-state index contributed by atoms with van der Waals surface area (Å²) in [5.74, 6) is 1.34. The van der Waals surface area contributed by atoms with Crippen molar-refractivity contribution in [1.29, 1.82) is 0 Å². The van der Waals surface area contributed by atoms with E-state index in [4.69, 9.17) is 15.2 Å². The minimum atomic E-state index is -0.288. The average Bonchev–Trinajstić information content (AvgIpc) is 2.46. The molecule has 4 heteroatoms. The zero-order valence-electron chi connectivity index (χ0n) is 10.5. The molecule has 1 aromatic heterocycles. The number of benzene rings is 1. The molecule has 0 saturated carbocycles. The van der Waals surface area contributed by atoms with Crippen molar-refractivity contribution < 1.29 is 9.47 Å². The van der Waals surface area contributed by atoms with Gasteiger partial charge in [0.15, 0.2) is 11.5 Å². The lowest BCUT2D eigenvalue weighted by Crippen LogP contribution is -2.13. The third-order valence-corrected chi connectivity index (χ3v) is 2.81.